The molecule has 17 heavy (non-hydrogen) atoms. The molecule has 94 valence electrons. The Morgan fingerprint density at radius 2 is 1.65 bits per heavy atom. The van der Waals surface area contributed by atoms with Crippen molar-refractivity contribution >= 4 is 5.97 Å². The zero-order chi connectivity index (χ0) is 13.3. The summed E-state index contributed by atoms with van der Waals surface area (Å²) >= 11 is 0. The Kier molecular flexibility index (Phi) is 3.57. The Morgan fingerprint density at radius 1 is 1.18 bits per heavy atom. The van der Waals surface area contributed by atoms with Crippen molar-refractivity contribution in [3.8, 4) is 0 Å². The summed E-state index contributed by atoms with van der Waals surface area (Å²) in [6.45, 7) is 7.24. The van der Waals surface area contributed by atoms with E-state index in [1.54, 1.807) is 6.92 Å². The number of halogens is 1. The molecule has 0 saturated carbocycles. The number of carboxylic acid groups (broad SMARTS) is 1. The third-order valence-corrected chi connectivity index (χ3v) is 2.47. The van der Waals surface area contributed by atoms with Crippen LogP contribution < -0.4 is 5.32 Å². The number of benzene rings is 1. The summed E-state index contributed by atoms with van der Waals surface area (Å²) in [5, 5.41) is 12.4. The van der Waals surface area contributed by atoms with Crippen LogP contribution in [-0.2, 0) is 10.3 Å². The lowest BCUT2D eigenvalue weighted by Gasteiger charge is -2.34. The van der Waals surface area contributed by atoms with E-state index in [4.69, 9.17) is 0 Å². The Balaban J connectivity index is 3.16. The van der Waals surface area contributed by atoms with E-state index < -0.39 is 11.5 Å². The van der Waals surface area contributed by atoms with Gasteiger partial charge in [0, 0.05) is 5.54 Å². The zero-order valence-corrected chi connectivity index (χ0v) is 10.5. The van der Waals surface area contributed by atoms with Gasteiger partial charge in [0.2, 0.25) is 0 Å². The van der Waals surface area contributed by atoms with E-state index in [2.05, 4.69) is 5.32 Å². The zero-order valence-electron chi connectivity index (χ0n) is 10.5. The highest BCUT2D eigenvalue weighted by Crippen LogP contribution is 2.24. The van der Waals surface area contributed by atoms with Gasteiger partial charge in [0.05, 0.1) is 0 Å². The van der Waals surface area contributed by atoms with Crippen molar-refractivity contribution in [2.75, 3.05) is 0 Å². The number of hydrogen-bond acceptors (Lipinski definition) is 2. The summed E-state index contributed by atoms with van der Waals surface area (Å²) in [6.07, 6.45) is 0. The maximum atomic E-state index is 12.8. The van der Waals surface area contributed by atoms with Gasteiger partial charge in [-0.05, 0) is 45.4 Å². The minimum atomic E-state index is -1.23. The summed E-state index contributed by atoms with van der Waals surface area (Å²) < 4.78 is 12.8. The summed E-state index contributed by atoms with van der Waals surface area (Å²) in [7, 11) is 0. The third kappa shape index (κ3) is 3.27. The normalized spacial score (nSPS) is 15.4. The average Bonchev–Trinajstić information content (AvgIpc) is 2.15. The van der Waals surface area contributed by atoms with Crippen molar-refractivity contribution in [2.45, 2.75) is 38.8 Å². The second kappa shape index (κ2) is 4.45. The molecule has 0 saturated heterocycles. The molecule has 1 unspecified atom stereocenters. The highest BCUT2D eigenvalue weighted by Gasteiger charge is 2.38. The van der Waals surface area contributed by atoms with Gasteiger partial charge in [-0.3, -0.25) is 5.32 Å². The number of rotatable bonds is 3. The van der Waals surface area contributed by atoms with Crippen LogP contribution in [0.4, 0.5) is 4.39 Å². The maximum absolute atomic E-state index is 12.8. The van der Waals surface area contributed by atoms with E-state index in [0.29, 0.717) is 5.56 Å². The fourth-order valence-corrected chi connectivity index (χ4v) is 1.78. The molecule has 3 nitrogen and oxygen atoms in total. The molecule has 0 aliphatic rings. The first-order valence-corrected chi connectivity index (χ1v) is 5.44. The van der Waals surface area contributed by atoms with Crippen molar-refractivity contribution in [1.29, 1.82) is 0 Å². The fraction of sp³-hybridized carbons (Fsp3) is 0.462. The molecule has 0 amide bonds. The van der Waals surface area contributed by atoms with E-state index in [-0.39, 0.29) is 11.4 Å². The minimum Gasteiger partial charge on any atom is -0.480 e. The smallest absolute Gasteiger partial charge is 0.328 e. The predicted octanol–water partition coefficient (Wildman–Crippen LogP) is 2.51. The molecular formula is C13H18FNO2. The number of aliphatic carboxylic acids is 1. The first-order chi connectivity index (χ1) is 7.65. The number of carboxylic acids is 1. The Bertz CT molecular complexity index is 408. The number of nitrogens with one attached hydrogen (secondary N) is 1. The van der Waals surface area contributed by atoms with Gasteiger partial charge in [0.25, 0.3) is 0 Å². The van der Waals surface area contributed by atoms with Crippen LogP contribution in [0.5, 0.6) is 0 Å². The minimum absolute atomic E-state index is 0.360. The molecular weight excluding hydrogens is 221 g/mol. The molecule has 1 rings (SSSR count). The molecule has 0 bridgehead atoms. The van der Waals surface area contributed by atoms with Crippen LogP contribution in [0.25, 0.3) is 0 Å². The summed E-state index contributed by atoms with van der Waals surface area (Å²) in [6, 6.07) is 5.51. The molecule has 0 aliphatic heterocycles. The topological polar surface area (TPSA) is 49.3 Å². The average molecular weight is 239 g/mol. The highest BCUT2D eigenvalue weighted by molar-refractivity contribution is 5.80. The molecule has 2 N–H and O–H groups in total. The molecule has 4 heteroatoms. The lowest BCUT2D eigenvalue weighted by molar-refractivity contribution is -0.145. The monoisotopic (exact) mass is 239 g/mol. The van der Waals surface area contributed by atoms with Crippen molar-refractivity contribution < 1.29 is 14.3 Å². The van der Waals surface area contributed by atoms with E-state index in [0.717, 1.165) is 0 Å². The van der Waals surface area contributed by atoms with Crippen LogP contribution in [0, 0.1) is 5.82 Å². The van der Waals surface area contributed by atoms with E-state index in [1.165, 1.54) is 24.3 Å². The number of carbonyl (C=O) groups is 1. The van der Waals surface area contributed by atoms with Gasteiger partial charge in [0.15, 0.2) is 0 Å². The SMILES string of the molecule is CC(C)(C)NC(C)(C(=O)O)c1ccc(F)cc1. The lowest BCUT2D eigenvalue weighted by atomic mass is 9.89. The predicted molar refractivity (Wildman–Crippen MR) is 64.3 cm³/mol. The van der Waals surface area contributed by atoms with Crippen LogP contribution in [0.3, 0.4) is 0 Å². The standard InChI is InChI=1S/C13H18FNO2/c1-12(2,3)15-13(4,11(16)17)9-5-7-10(14)8-6-9/h5-8,15H,1-4H3,(H,16,17). The first kappa shape index (κ1) is 13.6. The quantitative estimate of drug-likeness (QED) is 0.852. The highest BCUT2D eigenvalue weighted by atomic mass is 19.1. The molecule has 1 atom stereocenters. The largest absolute Gasteiger partial charge is 0.480 e. The van der Waals surface area contributed by atoms with Crippen LogP contribution in [0.2, 0.25) is 0 Å². The van der Waals surface area contributed by atoms with Gasteiger partial charge in [-0.2, -0.15) is 0 Å². The van der Waals surface area contributed by atoms with Crippen LogP contribution in [-0.4, -0.2) is 16.6 Å². The molecule has 0 heterocycles. The van der Waals surface area contributed by atoms with Gasteiger partial charge in [-0.15, -0.1) is 0 Å². The van der Waals surface area contributed by atoms with Crippen LogP contribution in [0.15, 0.2) is 24.3 Å². The molecule has 0 spiro atoms. The fourth-order valence-electron chi connectivity index (χ4n) is 1.78. The Labute approximate surface area is 101 Å². The van der Waals surface area contributed by atoms with Gasteiger partial charge in [-0.1, -0.05) is 12.1 Å². The van der Waals surface area contributed by atoms with Gasteiger partial charge in [-0.25, -0.2) is 9.18 Å². The van der Waals surface area contributed by atoms with Gasteiger partial charge >= 0.3 is 5.97 Å². The molecule has 0 aliphatic carbocycles. The van der Waals surface area contributed by atoms with Crippen molar-refractivity contribution in [2.24, 2.45) is 0 Å². The van der Waals surface area contributed by atoms with Crippen molar-refractivity contribution in [1.82, 2.24) is 5.32 Å². The molecule has 1 aromatic carbocycles. The summed E-state index contributed by atoms with van der Waals surface area (Å²) in [5.74, 6) is -1.36. The van der Waals surface area contributed by atoms with E-state index in [1.807, 2.05) is 20.8 Å². The maximum Gasteiger partial charge on any atom is 0.328 e. The molecule has 1 aromatic rings. The van der Waals surface area contributed by atoms with Crippen molar-refractivity contribution in [3.05, 3.63) is 35.6 Å². The molecule has 0 aromatic heterocycles. The van der Waals surface area contributed by atoms with Gasteiger partial charge in [0.1, 0.15) is 11.4 Å². The summed E-state index contributed by atoms with van der Waals surface area (Å²) in [5.41, 5.74) is -1.06. The van der Waals surface area contributed by atoms with E-state index >= 15 is 0 Å². The lowest BCUT2D eigenvalue weighted by Crippen LogP contribution is -2.54. The first-order valence-electron chi connectivity index (χ1n) is 5.44. The molecule has 0 radical (unpaired) electrons. The second-order valence-corrected chi connectivity index (χ2v) is 5.31. The molecule has 0 fully saturated rings. The van der Waals surface area contributed by atoms with Gasteiger partial charge < -0.3 is 5.11 Å². The number of hydrogen-bond donors (Lipinski definition) is 2. The Morgan fingerprint density at radius 3 is 2.00 bits per heavy atom. The van der Waals surface area contributed by atoms with Crippen LogP contribution in [0.1, 0.15) is 33.3 Å². The third-order valence-electron chi connectivity index (χ3n) is 2.47. The second-order valence-electron chi connectivity index (χ2n) is 5.31. The Hall–Kier alpha value is -1.42. The summed E-state index contributed by atoms with van der Waals surface area (Å²) in [4.78, 5) is 11.4. The van der Waals surface area contributed by atoms with E-state index in [9.17, 15) is 14.3 Å². The van der Waals surface area contributed by atoms with Crippen LogP contribution >= 0.6 is 0 Å². The van der Waals surface area contributed by atoms with Crippen molar-refractivity contribution in [3.63, 3.8) is 0 Å².